The summed E-state index contributed by atoms with van der Waals surface area (Å²) in [6, 6.07) is 0. The number of hydrogen-bond donors (Lipinski definition) is 2. The van der Waals surface area contributed by atoms with Crippen molar-refractivity contribution >= 4 is 0 Å². The highest BCUT2D eigenvalue weighted by atomic mass is 16.5. The quantitative estimate of drug-likeness (QED) is 0.640. The zero-order valence-electron chi connectivity index (χ0n) is 8.13. The lowest BCUT2D eigenvalue weighted by Crippen LogP contribution is -2.40. The second kappa shape index (κ2) is 3.73. The van der Waals surface area contributed by atoms with Crippen molar-refractivity contribution in [2.45, 2.75) is 44.9 Å². The molecule has 0 aliphatic carbocycles. The second-order valence-corrected chi connectivity index (χ2v) is 4.48. The van der Waals surface area contributed by atoms with E-state index in [-0.39, 0.29) is 17.7 Å². The molecule has 1 fully saturated rings. The first-order valence-corrected chi connectivity index (χ1v) is 4.52. The first kappa shape index (κ1) is 9.96. The molecule has 2 atom stereocenters. The molecule has 0 amide bonds. The van der Waals surface area contributed by atoms with Gasteiger partial charge in [-0.3, -0.25) is 0 Å². The molecule has 0 radical (unpaired) electrons. The number of hydrogen-bond acceptors (Lipinski definition) is 3. The minimum Gasteiger partial charge on any atom is -0.391 e. The van der Waals surface area contributed by atoms with Gasteiger partial charge in [-0.05, 0) is 20.8 Å². The summed E-state index contributed by atoms with van der Waals surface area (Å²) < 4.78 is 5.35. The molecule has 3 nitrogen and oxygen atoms in total. The van der Waals surface area contributed by atoms with Crippen LogP contribution in [-0.2, 0) is 4.74 Å². The Morgan fingerprint density at radius 1 is 1.50 bits per heavy atom. The van der Waals surface area contributed by atoms with Gasteiger partial charge >= 0.3 is 0 Å². The molecule has 1 aliphatic rings. The second-order valence-electron chi connectivity index (χ2n) is 4.48. The van der Waals surface area contributed by atoms with Crippen LogP contribution >= 0.6 is 0 Å². The van der Waals surface area contributed by atoms with Crippen LogP contribution < -0.4 is 5.32 Å². The molecule has 1 saturated heterocycles. The van der Waals surface area contributed by atoms with Gasteiger partial charge in [-0.15, -0.1) is 0 Å². The van der Waals surface area contributed by atoms with Crippen molar-refractivity contribution in [1.82, 2.24) is 5.32 Å². The Bertz CT molecular complexity index is 142. The SMILES string of the molecule is CC(C)(C)NCC1CC(O)CO1. The predicted octanol–water partition coefficient (Wildman–Crippen LogP) is 0.524. The Morgan fingerprint density at radius 2 is 2.17 bits per heavy atom. The average Bonchev–Trinajstić information content (AvgIpc) is 2.30. The van der Waals surface area contributed by atoms with Crippen LogP contribution in [0, 0.1) is 0 Å². The maximum atomic E-state index is 9.18. The van der Waals surface area contributed by atoms with Gasteiger partial charge in [0.15, 0.2) is 0 Å². The van der Waals surface area contributed by atoms with Gasteiger partial charge in [-0.25, -0.2) is 0 Å². The fraction of sp³-hybridized carbons (Fsp3) is 1.00. The molecule has 2 N–H and O–H groups in total. The number of rotatable bonds is 2. The number of ether oxygens (including phenoxy) is 1. The van der Waals surface area contributed by atoms with Crippen LogP contribution in [0.4, 0.5) is 0 Å². The van der Waals surface area contributed by atoms with Crippen molar-refractivity contribution in [3.8, 4) is 0 Å². The zero-order chi connectivity index (χ0) is 9.19. The van der Waals surface area contributed by atoms with Crippen molar-refractivity contribution in [2.24, 2.45) is 0 Å². The van der Waals surface area contributed by atoms with Gasteiger partial charge in [0.1, 0.15) is 0 Å². The molecule has 0 aromatic heterocycles. The Labute approximate surface area is 74.1 Å². The largest absolute Gasteiger partial charge is 0.391 e. The third-order valence-electron chi connectivity index (χ3n) is 1.92. The molecule has 0 aromatic rings. The smallest absolute Gasteiger partial charge is 0.0799 e. The van der Waals surface area contributed by atoms with Crippen LogP contribution in [0.3, 0.4) is 0 Å². The van der Waals surface area contributed by atoms with Gasteiger partial charge in [0, 0.05) is 18.5 Å². The van der Waals surface area contributed by atoms with E-state index in [0.717, 1.165) is 13.0 Å². The summed E-state index contributed by atoms with van der Waals surface area (Å²) in [7, 11) is 0. The Balaban J connectivity index is 2.16. The Hall–Kier alpha value is -0.120. The summed E-state index contributed by atoms with van der Waals surface area (Å²) >= 11 is 0. The van der Waals surface area contributed by atoms with E-state index in [0.29, 0.717) is 6.61 Å². The van der Waals surface area contributed by atoms with Crippen LogP contribution in [0.1, 0.15) is 27.2 Å². The van der Waals surface area contributed by atoms with E-state index in [9.17, 15) is 5.11 Å². The van der Waals surface area contributed by atoms with Crippen molar-refractivity contribution in [1.29, 1.82) is 0 Å². The molecule has 1 aliphatic heterocycles. The van der Waals surface area contributed by atoms with Crippen LogP contribution in [0.5, 0.6) is 0 Å². The van der Waals surface area contributed by atoms with Crippen molar-refractivity contribution in [3.63, 3.8) is 0 Å². The standard InChI is InChI=1S/C9H19NO2/c1-9(2,3)10-5-8-4-7(11)6-12-8/h7-8,10-11H,4-6H2,1-3H3. The normalized spacial score (nSPS) is 31.0. The van der Waals surface area contributed by atoms with E-state index < -0.39 is 0 Å². The highest BCUT2D eigenvalue weighted by Gasteiger charge is 2.24. The summed E-state index contributed by atoms with van der Waals surface area (Å²) in [4.78, 5) is 0. The summed E-state index contributed by atoms with van der Waals surface area (Å²) in [6.45, 7) is 7.70. The molecule has 0 bridgehead atoms. The molecule has 0 aromatic carbocycles. The van der Waals surface area contributed by atoms with Crippen LogP contribution in [-0.4, -0.2) is 36.0 Å². The minimum absolute atomic E-state index is 0.136. The third-order valence-corrected chi connectivity index (χ3v) is 1.92. The molecule has 72 valence electrons. The highest BCUT2D eigenvalue weighted by molar-refractivity contribution is 4.78. The summed E-state index contributed by atoms with van der Waals surface area (Å²) in [5, 5.41) is 12.5. The van der Waals surface area contributed by atoms with E-state index in [1.807, 2.05) is 0 Å². The average molecular weight is 173 g/mol. The lowest BCUT2D eigenvalue weighted by atomic mass is 10.1. The predicted molar refractivity (Wildman–Crippen MR) is 48.1 cm³/mol. The summed E-state index contributed by atoms with van der Waals surface area (Å²) in [5.74, 6) is 0. The molecule has 1 heterocycles. The number of aliphatic hydroxyl groups excluding tert-OH is 1. The lowest BCUT2D eigenvalue weighted by Gasteiger charge is -2.22. The Morgan fingerprint density at radius 3 is 2.58 bits per heavy atom. The maximum absolute atomic E-state index is 9.18. The first-order chi connectivity index (χ1) is 5.47. The maximum Gasteiger partial charge on any atom is 0.0799 e. The number of aliphatic hydroxyl groups is 1. The topological polar surface area (TPSA) is 41.5 Å². The molecule has 12 heavy (non-hydrogen) atoms. The van der Waals surface area contributed by atoms with Crippen molar-refractivity contribution < 1.29 is 9.84 Å². The van der Waals surface area contributed by atoms with E-state index in [1.165, 1.54) is 0 Å². The number of nitrogens with one attached hydrogen (secondary N) is 1. The summed E-state index contributed by atoms with van der Waals surface area (Å²) in [6.07, 6.45) is 0.708. The van der Waals surface area contributed by atoms with Gasteiger partial charge in [-0.1, -0.05) is 0 Å². The Kier molecular flexibility index (Phi) is 3.09. The zero-order valence-corrected chi connectivity index (χ0v) is 8.13. The molecule has 1 rings (SSSR count). The van der Waals surface area contributed by atoms with E-state index in [2.05, 4.69) is 26.1 Å². The van der Waals surface area contributed by atoms with Gasteiger partial charge < -0.3 is 15.2 Å². The van der Waals surface area contributed by atoms with E-state index in [1.54, 1.807) is 0 Å². The molecule has 0 saturated carbocycles. The monoisotopic (exact) mass is 173 g/mol. The molecular weight excluding hydrogens is 154 g/mol. The van der Waals surface area contributed by atoms with E-state index in [4.69, 9.17) is 4.74 Å². The first-order valence-electron chi connectivity index (χ1n) is 4.52. The van der Waals surface area contributed by atoms with Gasteiger partial charge in [0.25, 0.3) is 0 Å². The highest BCUT2D eigenvalue weighted by Crippen LogP contribution is 2.12. The van der Waals surface area contributed by atoms with Gasteiger partial charge in [0.05, 0.1) is 18.8 Å². The van der Waals surface area contributed by atoms with Crippen LogP contribution in [0.25, 0.3) is 0 Å². The van der Waals surface area contributed by atoms with Crippen molar-refractivity contribution in [2.75, 3.05) is 13.2 Å². The molecule has 2 unspecified atom stereocenters. The van der Waals surface area contributed by atoms with E-state index >= 15 is 0 Å². The molecular formula is C9H19NO2. The lowest BCUT2D eigenvalue weighted by molar-refractivity contribution is 0.0848. The van der Waals surface area contributed by atoms with Crippen molar-refractivity contribution in [3.05, 3.63) is 0 Å². The summed E-state index contributed by atoms with van der Waals surface area (Å²) in [5.41, 5.74) is 0.136. The fourth-order valence-corrected chi connectivity index (χ4v) is 1.25. The third kappa shape index (κ3) is 3.52. The molecule has 0 spiro atoms. The molecule has 3 heteroatoms. The fourth-order valence-electron chi connectivity index (χ4n) is 1.25. The van der Waals surface area contributed by atoms with Gasteiger partial charge in [0.2, 0.25) is 0 Å². The van der Waals surface area contributed by atoms with Gasteiger partial charge in [-0.2, -0.15) is 0 Å². The van der Waals surface area contributed by atoms with Crippen LogP contribution in [0.15, 0.2) is 0 Å². The minimum atomic E-state index is -0.253. The van der Waals surface area contributed by atoms with Crippen LogP contribution in [0.2, 0.25) is 0 Å².